The third kappa shape index (κ3) is 3.42. The van der Waals surface area contributed by atoms with Crippen molar-refractivity contribution >= 4 is 16.5 Å². The molecule has 3 saturated carbocycles. The van der Waals surface area contributed by atoms with Gasteiger partial charge < -0.3 is 10.2 Å². The van der Waals surface area contributed by atoms with Crippen molar-refractivity contribution in [3.05, 3.63) is 10.6 Å². The third-order valence-electron chi connectivity index (χ3n) is 4.74. The Balaban J connectivity index is 1.54. The lowest BCUT2D eigenvalue weighted by molar-refractivity contribution is 0.590. The summed E-state index contributed by atoms with van der Waals surface area (Å²) in [4.78, 5) is 9.25. The molecule has 116 valence electrons. The summed E-state index contributed by atoms with van der Waals surface area (Å²) in [5.41, 5.74) is 1.42. The van der Waals surface area contributed by atoms with Crippen LogP contribution in [0.3, 0.4) is 0 Å². The highest BCUT2D eigenvalue weighted by atomic mass is 32.1. The van der Waals surface area contributed by atoms with E-state index in [0.29, 0.717) is 6.04 Å². The molecule has 1 aromatic heterocycles. The number of hydrogen-bond donors (Lipinski definition) is 1. The minimum absolute atomic E-state index is 0.550. The van der Waals surface area contributed by atoms with E-state index in [9.17, 15) is 0 Å². The maximum atomic E-state index is 5.10. The lowest BCUT2D eigenvalue weighted by Gasteiger charge is -2.21. The van der Waals surface area contributed by atoms with Gasteiger partial charge in [0.05, 0.1) is 5.69 Å². The van der Waals surface area contributed by atoms with Crippen LogP contribution >= 0.6 is 11.3 Å². The molecule has 1 heterocycles. The molecule has 1 N–H and O–H groups in total. The Hall–Kier alpha value is -0.610. The summed E-state index contributed by atoms with van der Waals surface area (Å²) < 4.78 is 0. The molecular weight excluding hydrogens is 278 g/mol. The fourth-order valence-electron chi connectivity index (χ4n) is 2.92. The van der Waals surface area contributed by atoms with Gasteiger partial charge in [-0.05, 0) is 44.4 Å². The summed E-state index contributed by atoms with van der Waals surface area (Å²) in [6.07, 6.45) is 8.33. The fourth-order valence-corrected chi connectivity index (χ4v) is 4.10. The zero-order valence-corrected chi connectivity index (χ0v) is 14.1. The van der Waals surface area contributed by atoms with Crippen molar-refractivity contribution in [2.75, 3.05) is 11.4 Å². The van der Waals surface area contributed by atoms with Gasteiger partial charge in [-0.2, -0.15) is 0 Å². The number of nitrogens with zero attached hydrogens (tertiary/aromatic N) is 2. The number of hydrogen-bond acceptors (Lipinski definition) is 4. The second kappa shape index (κ2) is 5.54. The predicted molar refractivity (Wildman–Crippen MR) is 89.2 cm³/mol. The van der Waals surface area contributed by atoms with Crippen molar-refractivity contribution in [1.29, 1.82) is 0 Å². The largest absolute Gasteiger partial charge is 0.345 e. The van der Waals surface area contributed by atoms with Crippen molar-refractivity contribution < 1.29 is 0 Å². The van der Waals surface area contributed by atoms with E-state index in [1.54, 1.807) is 0 Å². The molecule has 0 saturated heterocycles. The van der Waals surface area contributed by atoms with Crippen molar-refractivity contribution in [1.82, 2.24) is 10.3 Å². The summed E-state index contributed by atoms with van der Waals surface area (Å²) in [6, 6.07) is 1.35. The highest BCUT2D eigenvalue weighted by Crippen LogP contribution is 2.46. The van der Waals surface area contributed by atoms with Crippen LogP contribution in [0, 0.1) is 5.92 Å². The number of rotatable bonds is 8. The van der Waals surface area contributed by atoms with E-state index in [4.69, 9.17) is 4.98 Å². The molecule has 0 amide bonds. The molecule has 0 aromatic carbocycles. The van der Waals surface area contributed by atoms with E-state index in [-0.39, 0.29) is 0 Å². The Morgan fingerprint density at radius 2 is 1.95 bits per heavy atom. The zero-order valence-electron chi connectivity index (χ0n) is 13.3. The first kappa shape index (κ1) is 14.0. The van der Waals surface area contributed by atoms with Gasteiger partial charge in [0.15, 0.2) is 5.13 Å². The van der Waals surface area contributed by atoms with Crippen LogP contribution in [0.25, 0.3) is 0 Å². The second-order valence-corrected chi connectivity index (χ2v) is 8.50. The SMILES string of the molecule is CC(C)NCc1sc(N(CC2CC2)C2CC2)nc1C1CC1. The highest BCUT2D eigenvalue weighted by molar-refractivity contribution is 7.15. The average molecular weight is 305 g/mol. The molecular formula is C17H27N3S. The Kier molecular flexibility index (Phi) is 3.70. The van der Waals surface area contributed by atoms with Gasteiger partial charge >= 0.3 is 0 Å². The molecule has 1 aromatic rings. The van der Waals surface area contributed by atoms with Crippen LogP contribution in [0.1, 0.15) is 68.9 Å². The topological polar surface area (TPSA) is 28.2 Å². The van der Waals surface area contributed by atoms with Crippen LogP contribution in [0.5, 0.6) is 0 Å². The third-order valence-corrected chi connectivity index (χ3v) is 5.84. The van der Waals surface area contributed by atoms with Crippen LogP contribution in [-0.2, 0) is 6.54 Å². The van der Waals surface area contributed by atoms with E-state index >= 15 is 0 Å². The van der Waals surface area contributed by atoms with E-state index in [2.05, 4.69) is 24.1 Å². The standard InChI is InChI=1S/C17H27N3S/c1-11(2)18-9-15-16(13-5-6-13)19-17(21-15)20(14-7-8-14)10-12-3-4-12/h11-14,18H,3-10H2,1-2H3. The number of thiazole rings is 1. The normalized spacial score (nSPS) is 22.0. The molecule has 3 nitrogen and oxygen atoms in total. The van der Waals surface area contributed by atoms with Gasteiger partial charge in [0.2, 0.25) is 0 Å². The molecule has 3 aliphatic carbocycles. The van der Waals surface area contributed by atoms with Crippen molar-refractivity contribution in [2.24, 2.45) is 5.92 Å². The van der Waals surface area contributed by atoms with Crippen molar-refractivity contribution in [2.45, 2.75) is 76.9 Å². The monoisotopic (exact) mass is 305 g/mol. The lowest BCUT2D eigenvalue weighted by Crippen LogP contribution is -2.27. The summed E-state index contributed by atoms with van der Waals surface area (Å²) >= 11 is 1.97. The quantitative estimate of drug-likeness (QED) is 0.789. The van der Waals surface area contributed by atoms with Gasteiger partial charge in [-0.25, -0.2) is 4.98 Å². The van der Waals surface area contributed by atoms with Crippen molar-refractivity contribution in [3.63, 3.8) is 0 Å². The molecule has 21 heavy (non-hydrogen) atoms. The van der Waals surface area contributed by atoms with Crippen molar-refractivity contribution in [3.8, 4) is 0 Å². The first-order chi connectivity index (χ1) is 10.2. The number of aromatic nitrogens is 1. The van der Waals surface area contributed by atoms with Gasteiger partial charge in [0, 0.05) is 36.0 Å². The average Bonchev–Trinajstić information content (AvgIpc) is 3.31. The van der Waals surface area contributed by atoms with Gasteiger partial charge in [-0.15, -0.1) is 11.3 Å². The van der Waals surface area contributed by atoms with Crippen LogP contribution in [0.15, 0.2) is 0 Å². The van der Waals surface area contributed by atoms with E-state index in [1.807, 2.05) is 11.3 Å². The minimum Gasteiger partial charge on any atom is -0.345 e. The van der Waals surface area contributed by atoms with Crippen LogP contribution in [0.2, 0.25) is 0 Å². The molecule has 3 fully saturated rings. The molecule has 0 radical (unpaired) electrons. The van der Waals surface area contributed by atoms with E-state index in [1.165, 1.54) is 60.8 Å². The summed E-state index contributed by atoms with van der Waals surface area (Å²) in [7, 11) is 0. The van der Waals surface area contributed by atoms with Gasteiger partial charge in [0.25, 0.3) is 0 Å². The summed E-state index contributed by atoms with van der Waals surface area (Å²) in [5, 5.41) is 4.91. The molecule has 0 bridgehead atoms. The molecule has 4 heteroatoms. The lowest BCUT2D eigenvalue weighted by atomic mass is 10.2. The van der Waals surface area contributed by atoms with Crippen LogP contribution < -0.4 is 10.2 Å². The molecule has 0 unspecified atom stereocenters. The summed E-state index contributed by atoms with van der Waals surface area (Å²) in [6.45, 7) is 6.72. The molecule has 3 aliphatic rings. The van der Waals surface area contributed by atoms with Gasteiger partial charge in [-0.3, -0.25) is 0 Å². The molecule has 0 aliphatic heterocycles. The smallest absolute Gasteiger partial charge is 0.186 e. The first-order valence-electron chi connectivity index (χ1n) is 8.70. The molecule has 0 atom stereocenters. The summed E-state index contributed by atoms with van der Waals surface area (Å²) in [5.74, 6) is 1.72. The maximum Gasteiger partial charge on any atom is 0.186 e. The Labute approximate surface area is 132 Å². The Morgan fingerprint density at radius 1 is 1.19 bits per heavy atom. The fraction of sp³-hybridized carbons (Fsp3) is 0.824. The number of anilines is 1. The minimum atomic E-state index is 0.550. The number of nitrogens with one attached hydrogen (secondary N) is 1. The second-order valence-electron chi connectivity index (χ2n) is 7.44. The van der Waals surface area contributed by atoms with E-state index < -0.39 is 0 Å². The zero-order chi connectivity index (χ0) is 14.4. The maximum absolute atomic E-state index is 5.10. The van der Waals surface area contributed by atoms with Gasteiger partial charge in [0.1, 0.15) is 0 Å². The molecule has 0 spiro atoms. The van der Waals surface area contributed by atoms with E-state index in [0.717, 1.165) is 24.4 Å². The first-order valence-corrected chi connectivity index (χ1v) is 9.52. The van der Waals surface area contributed by atoms with Crippen LogP contribution in [0.4, 0.5) is 5.13 Å². The highest BCUT2D eigenvalue weighted by Gasteiger charge is 2.37. The Morgan fingerprint density at radius 3 is 2.52 bits per heavy atom. The van der Waals surface area contributed by atoms with Gasteiger partial charge in [-0.1, -0.05) is 13.8 Å². The predicted octanol–water partition coefficient (Wildman–Crippen LogP) is 3.90. The molecule has 4 rings (SSSR count). The Bertz CT molecular complexity index is 498. The van der Waals surface area contributed by atoms with Crippen LogP contribution in [-0.4, -0.2) is 23.6 Å².